The van der Waals surface area contributed by atoms with E-state index >= 15 is 0 Å². The molecule has 0 fully saturated rings. The Labute approximate surface area is 371 Å². The standard InChI is InChI=1S/C61H41N3/c1-2-15-38(16-3-1)55-37-56(42-29-32-48-47-22-8-12-26-53(47)61(54(48)35-42)51-24-10-6-20-45(51)46-21-7-11-25-52(46)61)63-60(62-55)43-30-31-44-41(33-43)19-14-28-57(44)64-58-27-13-9-23-49(58)50-34-39-17-4-5-18-40(39)36-59(50)64/h1-10,12-24,26-37,56H,11,25H2,(H,62,63). The van der Waals surface area contributed by atoms with E-state index in [9.17, 15) is 0 Å². The molecular formula is C61H41N3. The van der Waals surface area contributed by atoms with E-state index in [0.29, 0.717) is 0 Å². The predicted octanol–water partition coefficient (Wildman–Crippen LogP) is 14.7. The summed E-state index contributed by atoms with van der Waals surface area (Å²) in [5, 5.41) is 11.4. The van der Waals surface area contributed by atoms with Crippen molar-refractivity contribution in [3.05, 3.63) is 257 Å². The number of allylic oxidation sites excluding steroid dienone is 4. The van der Waals surface area contributed by atoms with Gasteiger partial charge in [0, 0.05) is 21.7 Å². The maximum Gasteiger partial charge on any atom is 0.134 e. The van der Waals surface area contributed by atoms with Crippen LogP contribution in [-0.2, 0) is 5.41 Å². The van der Waals surface area contributed by atoms with Crippen molar-refractivity contribution in [2.24, 2.45) is 4.99 Å². The smallest absolute Gasteiger partial charge is 0.134 e. The predicted molar refractivity (Wildman–Crippen MR) is 266 cm³/mol. The molecule has 300 valence electrons. The van der Waals surface area contributed by atoms with Crippen molar-refractivity contribution in [2.45, 2.75) is 24.3 Å². The average Bonchev–Trinajstić information content (AvgIpc) is 3.96. The molecule has 2 heterocycles. The van der Waals surface area contributed by atoms with Crippen LogP contribution < -0.4 is 5.32 Å². The van der Waals surface area contributed by atoms with Crippen molar-refractivity contribution in [2.75, 3.05) is 0 Å². The second kappa shape index (κ2) is 13.5. The average molecular weight is 816 g/mol. The molecule has 64 heavy (non-hydrogen) atoms. The van der Waals surface area contributed by atoms with Gasteiger partial charge in [-0.1, -0.05) is 176 Å². The van der Waals surface area contributed by atoms with Gasteiger partial charge < -0.3 is 9.88 Å². The number of benzene rings is 9. The fraction of sp³-hybridized carbons (Fsp3) is 0.0656. The molecule has 10 aromatic rings. The molecule has 1 aromatic heterocycles. The number of hydrogen-bond donors (Lipinski definition) is 1. The molecule has 1 spiro atoms. The lowest BCUT2D eigenvalue weighted by Gasteiger charge is -2.34. The van der Waals surface area contributed by atoms with Gasteiger partial charge in [-0.05, 0) is 121 Å². The van der Waals surface area contributed by atoms with Crippen LogP contribution in [0.2, 0.25) is 0 Å². The van der Waals surface area contributed by atoms with E-state index in [4.69, 9.17) is 4.99 Å². The van der Waals surface area contributed by atoms with Crippen LogP contribution in [0.5, 0.6) is 0 Å². The molecule has 0 bridgehead atoms. The topological polar surface area (TPSA) is 29.3 Å². The summed E-state index contributed by atoms with van der Waals surface area (Å²) in [6, 6.07) is 71.7. The Morgan fingerprint density at radius 3 is 2.14 bits per heavy atom. The lowest BCUT2D eigenvalue weighted by atomic mass is 9.68. The molecule has 0 radical (unpaired) electrons. The van der Waals surface area contributed by atoms with Gasteiger partial charge in [0.2, 0.25) is 0 Å². The quantitative estimate of drug-likeness (QED) is 0.188. The van der Waals surface area contributed by atoms with Crippen LogP contribution in [0.3, 0.4) is 0 Å². The molecule has 3 nitrogen and oxygen atoms in total. The molecule has 1 aliphatic heterocycles. The Morgan fingerprint density at radius 2 is 1.25 bits per heavy atom. The second-order valence-electron chi connectivity index (χ2n) is 17.8. The summed E-state index contributed by atoms with van der Waals surface area (Å²) < 4.78 is 2.45. The SMILES string of the molecule is C1=CC2=C(CC1)C1(c3ccccc32)c2ccccc2-c2ccc(C3C=C(c4ccccc4)N=C(c4ccc5c(-n6c7ccccc7c7cc8ccccc8cc76)cccc5c4)N3)cc21. The third-order valence-corrected chi connectivity index (χ3v) is 14.5. The molecule has 2 unspecified atom stereocenters. The Morgan fingerprint density at radius 1 is 0.516 bits per heavy atom. The third-order valence-electron chi connectivity index (χ3n) is 14.5. The number of aromatic nitrogens is 1. The number of rotatable bonds is 4. The number of nitrogens with zero attached hydrogens (tertiary/aromatic N) is 2. The van der Waals surface area contributed by atoms with E-state index in [2.05, 4.69) is 222 Å². The van der Waals surface area contributed by atoms with Crippen molar-refractivity contribution in [3.63, 3.8) is 0 Å². The molecular weight excluding hydrogens is 775 g/mol. The van der Waals surface area contributed by atoms with Crippen molar-refractivity contribution in [1.29, 1.82) is 0 Å². The van der Waals surface area contributed by atoms with Gasteiger partial charge in [0.15, 0.2) is 0 Å². The van der Waals surface area contributed by atoms with E-state index < -0.39 is 0 Å². The molecule has 2 atom stereocenters. The minimum Gasteiger partial charge on any atom is -0.359 e. The first-order valence-corrected chi connectivity index (χ1v) is 22.5. The van der Waals surface area contributed by atoms with Gasteiger partial charge in [0.05, 0.1) is 33.9 Å². The van der Waals surface area contributed by atoms with Crippen LogP contribution in [0.25, 0.3) is 71.4 Å². The van der Waals surface area contributed by atoms with Crippen molar-refractivity contribution in [1.82, 2.24) is 9.88 Å². The number of amidine groups is 1. The highest BCUT2D eigenvalue weighted by Crippen LogP contribution is 2.63. The lowest BCUT2D eigenvalue weighted by Crippen LogP contribution is -2.32. The summed E-state index contributed by atoms with van der Waals surface area (Å²) in [5.74, 6) is 0.870. The lowest BCUT2D eigenvalue weighted by molar-refractivity contribution is 0.708. The Bertz CT molecular complexity index is 3770. The van der Waals surface area contributed by atoms with Gasteiger partial charge in [-0.2, -0.15) is 0 Å². The van der Waals surface area contributed by atoms with E-state index in [1.807, 2.05) is 0 Å². The summed E-state index contributed by atoms with van der Waals surface area (Å²) in [6.45, 7) is 0. The highest BCUT2D eigenvalue weighted by Gasteiger charge is 2.52. The van der Waals surface area contributed by atoms with Gasteiger partial charge in [-0.15, -0.1) is 0 Å². The van der Waals surface area contributed by atoms with E-state index in [-0.39, 0.29) is 11.5 Å². The monoisotopic (exact) mass is 815 g/mol. The van der Waals surface area contributed by atoms with E-state index in [0.717, 1.165) is 35.5 Å². The maximum absolute atomic E-state index is 5.39. The molecule has 0 saturated heterocycles. The van der Waals surface area contributed by atoms with E-state index in [1.54, 1.807) is 0 Å². The van der Waals surface area contributed by atoms with Crippen molar-refractivity contribution >= 4 is 60.5 Å². The number of hydrogen-bond acceptors (Lipinski definition) is 2. The number of para-hydroxylation sites is 1. The zero-order valence-corrected chi connectivity index (χ0v) is 35.1. The fourth-order valence-electron chi connectivity index (χ4n) is 11.8. The number of aliphatic imine (C=N–C) groups is 1. The first kappa shape index (κ1) is 35.6. The van der Waals surface area contributed by atoms with Crippen LogP contribution in [0.1, 0.15) is 57.8 Å². The van der Waals surface area contributed by atoms with Gasteiger partial charge in [-0.25, -0.2) is 4.99 Å². The molecule has 1 N–H and O–H groups in total. The Hall–Kier alpha value is -8.01. The second-order valence-corrected chi connectivity index (χ2v) is 17.8. The first-order valence-electron chi connectivity index (χ1n) is 22.5. The minimum atomic E-state index is -0.324. The summed E-state index contributed by atoms with van der Waals surface area (Å²) in [6.07, 6.45) is 9.16. The zero-order valence-electron chi connectivity index (χ0n) is 35.1. The molecule has 3 aliphatic carbocycles. The highest BCUT2D eigenvalue weighted by molar-refractivity contribution is 6.15. The van der Waals surface area contributed by atoms with Gasteiger partial charge in [0.1, 0.15) is 5.84 Å². The number of fused-ring (bicyclic) bond motifs is 14. The van der Waals surface area contributed by atoms with Crippen LogP contribution >= 0.6 is 0 Å². The largest absolute Gasteiger partial charge is 0.359 e. The normalized spacial score (nSPS) is 18.3. The first-order chi connectivity index (χ1) is 31.7. The molecule has 3 heteroatoms. The van der Waals surface area contributed by atoms with Crippen LogP contribution in [0, 0.1) is 0 Å². The third kappa shape index (κ3) is 4.95. The molecule has 0 amide bonds. The van der Waals surface area contributed by atoms with Gasteiger partial charge in [0.25, 0.3) is 0 Å². The Kier molecular flexibility index (Phi) is 7.50. The zero-order chi connectivity index (χ0) is 41.9. The van der Waals surface area contributed by atoms with Crippen molar-refractivity contribution < 1.29 is 0 Å². The fourth-order valence-corrected chi connectivity index (χ4v) is 11.8. The molecule has 4 aliphatic rings. The Balaban J connectivity index is 0.911. The van der Waals surface area contributed by atoms with Gasteiger partial charge in [-0.3, -0.25) is 0 Å². The van der Waals surface area contributed by atoms with Crippen LogP contribution in [-0.4, -0.2) is 10.4 Å². The molecule has 14 rings (SSSR count). The molecule has 0 saturated carbocycles. The summed E-state index contributed by atoms with van der Waals surface area (Å²) >= 11 is 0. The van der Waals surface area contributed by atoms with E-state index in [1.165, 1.54) is 99.1 Å². The maximum atomic E-state index is 5.39. The minimum absolute atomic E-state index is 0.112. The summed E-state index contributed by atoms with van der Waals surface area (Å²) in [4.78, 5) is 5.39. The summed E-state index contributed by atoms with van der Waals surface area (Å²) in [5.41, 5.74) is 18.8. The summed E-state index contributed by atoms with van der Waals surface area (Å²) in [7, 11) is 0. The highest BCUT2D eigenvalue weighted by atomic mass is 15.0. The molecule has 9 aromatic carbocycles. The van der Waals surface area contributed by atoms with Gasteiger partial charge >= 0.3 is 0 Å². The number of nitrogens with one attached hydrogen (secondary N) is 1. The van der Waals surface area contributed by atoms with Crippen LogP contribution in [0.15, 0.2) is 223 Å². The van der Waals surface area contributed by atoms with Crippen LogP contribution in [0.4, 0.5) is 0 Å². The van der Waals surface area contributed by atoms with Crippen molar-refractivity contribution in [3.8, 4) is 16.8 Å².